The highest BCUT2D eigenvalue weighted by atomic mass is 16.4. The number of aliphatic carboxylic acids is 1. The van der Waals surface area contributed by atoms with Crippen LogP contribution in [-0.2, 0) is 4.79 Å². The van der Waals surface area contributed by atoms with Crippen LogP contribution in [0, 0.1) is 40.4 Å². The summed E-state index contributed by atoms with van der Waals surface area (Å²) >= 11 is 0. The first-order chi connectivity index (χ1) is 12.8. The van der Waals surface area contributed by atoms with E-state index in [1.807, 2.05) is 0 Å². The Kier molecular flexibility index (Phi) is 4.98. The van der Waals surface area contributed by atoms with Gasteiger partial charge in [0.15, 0.2) is 0 Å². The zero-order valence-electron chi connectivity index (χ0n) is 17.4. The predicted octanol–water partition coefficient (Wildman–Crippen LogP) is 4.09. The topological polar surface area (TPSA) is 60.4 Å². The average Bonchev–Trinajstić information content (AvgIpc) is 2.97. The lowest BCUT2D eigenvalue weighted by Gasteiger charge is -2.58. The Morgan fingerprint density at radius 3 is 2.74 bits per heavy atom. The van der Waals surface area contributed by atoms with Gasteiger partial charge in [0.2, 0.25) is 0 Å². The van der Waals surface area contributed by atoms with Gasteiger partial charge in [-0.1, -0.05) is 32.4 Å². The number of allylic oxidation sites excluding steroid dienone is 1. The summed E-state index contributed by atoms with van der Waals surface area (Å²) in [4.78, 5) is 10.9. The van der Waals surface area contributed by atoms with Crippen molar-refractivity contribution in [1.82, 2.24) is 0 Å². The maximum atomic E-state index is 10.9. The third-order valence-electron chi connectivity index (χ3n) is 9.64. The highest BCUT2D eigenvalue weighted by molar-refractivity contribution is 5.64. The van der Waals surface area contributed by atoms with E-state index in [2.05, 4.69) is 26.8 Å². The van der Waals surface area contributed by atoms with E-state index in [1.165, 1.54) is 32.1 Å². The van der Waals surface area contributed by atoms with Crippen LogP contribution in [0.25, 0.3) is 0 Å². The largest absolute Gasteiger partial charge is 0.550 e. The molecule has 4 rings (SSSR count). The van der Waals surface area contributed by atoms with Crippen molar-refractivity contribution in [2.24, 2.45) is 40.4 Å². The third-order valence-corrected chi connectivity index (χ3v) is 9.64. The molecule has 3 fully saturated rings. The van der Waals surface area contributed by atoms with E-state index in [1.54, 1.807) is 5.57 Å². The van der Waals surface area contributed by atoms with Gasteiger partial charge in [0.1, 0.15) is 0 Å². The van der Waals surface area contributed by atoms with Crippen LogP contribution in [0.1, 0.15) is 85.0 Å². The number of aliphatic hydroxyl groups excluding tert-OH is 1. The fourth-order valence-electron chi connectivity index (χ4n) is 8.16. The van der Waals surface area contributed by atoms with Crippen LogP contribution >= 0.6 is 0 Å². The second-order valence-corrected chi connectivity index (χ2v) is 10.8. The standard InChI is InChI=1S/C24H38O3/c1-15(4-9-22(26)27)19-7-8-20-18-6-5-16-14-17(25)10-12-23(16,2)21(18)11-13-24(19,20)3/h5,15,17-21,25H,4,6-14H2,1-3H3,(H,26,27)/p-1/t15-,17-,18-,19+,20-,21+,23-,24+/m0/s1. The van der Waals surface area contributed by atoms with Gasteiger partial charge in [0.05, 0.1) is 6.10 Å². The van der Waals surface area contributed by atoms with E-state index in [0.29, 0.717) is 22.7 Å². The first-order valence-corrected chi connectivity index (χ1v) is 11.3. The van der Waals surface area contributed by atoms with Crippen LogP contribution in [-0.4, -0.2) is 17.2 Å². The molecule has 0 amide bonds. The molecule has 0 bridgehead atoms. The van der Waals surface area contributed by atoms with Crippen molar-refractivity contribution in [3.8, 4) is 0 Å². The molecule has 0 aromatic rings. The molecule has 4 aliphatic rings. The molecule has 0 unspecified atom stereocenters. The van der Waals surface area contributed by atoms with Crippen molar-refractivity contribution in [3.05, 3.63) is 11.6 Å². The Balaban J connectivity index is 1.54. The molecule has 0 aliphatic heterocycles. The van der Waals surface area contributed by atoms with E-state index in [9.17, 15) is 15.0 Å². The van der Waals surface area contributed by atoms with E-state index < -0.39 is 5.97 Å². The second-order valence-electron chi connectivity index (χ2n) is 10.8. The molecule has 152 valence electrons. The van der Waals surface area contributed by atoms with Crippen molar-refractivity contribution in [1.29, 1.82) is 0 Å². The summed E-state index contributed by atoms with van der Waals surface area (Å²) in [5.74, 6) is 2.58. The molecule has 4 aliphatic carbocycles. The van der Waals surface area contributed by atoms with Gasteiger partial charge in [0, 0.05) is 5.97 Å². The Morgan fingerprint density at radius 1 is 1.22 bits per heavy atom. The number of fused-ring (bicyclic) bond motifs is 5. The molecule has 0 aromatic carbocycles. The molecule has 0 saturated heterocycles. The lowest BCUT2D eigenvalue weighted by atomic mass is 9.47. The minimum absolute atomic E-state index is 0.129. The normalized spacial score (nSPS) is 47.4. The highest BCUT2D eigenvalue weighted by Crippen LogP contribution is 2.67. The van der Waals surface area contributed by atoms with Gasteiger partial charge in [-0.3, -0.25) is 0 Å². The van der Waals surface area contributed by atoms with Gasteiger partial charge in [0.25, 0.3) is 0 Å². The van der Waals surface area contributed by atoms with Crippen LogP contribution < -0.4 is 5.11 Å². The average molecular weight is 374 g/mol. The lowest BCUT2D eigenvalue weighted by molar-refractivity contribution is -0.306. The van der Waals surface area contributed by atoms with Gasteiger partial charge in [-0.15, -0.1) is 0 Å². The van der Waals surface area contributed by atoms with Crippen molar-refractivity contribution < 1.29 is 15.0 Å². The Bertz CT molecular complexity index is 625. The molecule has 27 heavy (non-hydrogen) atoms. The number of hydrogen-bond acceptors (Lipinski definition) is 3. The molecule has 0 heterocycles. The smallest absolute Gasteiger partial charge is 0.0577 e. The van der Waals surface area contributed by atoms with Crippen LogP contribution in [0.4, 0.5) is 0 Å². The monoisotopic (exact) mass is 373 g/mol. The zero-order chi connectivity index (χ0) is 19.4. The lowest BCUT2D eigenvalue weighted by Crippen LogP contribution is -2.50. The first kappa shape index (κ1) is 19.5. The number of carboxylic acid groups (broad SMARTS) is 1. The minimum Gasteiger partial charge on any atom is -0.550 e. The number of aliphatic hydroxyl groups is 1. The summed E-state index contributed by atoms with van der Waals surface area (Å²) in [6.07, 6.45) is 12.7. The third kappa shape index (κ3) is 3.09. The van der Waals surface area contributed by atoms with E-state index >= 15 is 0 Å². The molecule has 3 nitrogen and oxygen atoms in total. The quantitative estimate of drug-likeness (QED) is 0.755. The van der Waals surface area contributed by atoms with E-state index in [-0.39, 0.29) is 12.5 Å². The summed E-state index contributed by atoms with van der Waals surface area (Å²) < 4.78 is 0. The zero-order valence-corrected chi connectivity index (χ0v) is 17.4. The van der Waals surface area contributed by atoms with Crippen molar-refractivity contribution >= 4 is 5.97 Å². The maximum Gasteiger partial charge on any atom is 0.0577 e. The molecular weight excluding hydrogens is 336 g/mol. The van der Waals surface area contributed by atoms with Crippen LogP contribution in [0.2, 0.25) is 0 Å². The van der Waals surface area contributed by atoms with Crippen molar-refractivity contribution in [2.75, 3.05) is 0 Å². The first-order valence-electron chi connectivity index (χ1n) is 11.3. The van der Waals surface area contributed by atoms with Crippen molar-refractivity contribution in [2.45, 2.75) is 91.1 Å². The van der Waals surface area contributed by atoms with Gasteiger partial charge in [-0.2, -0.15) is 0 Å². The van der Waals surface area contributed by atoms with Crippen molar-refractivity contribution in [3.63, 3.8) is 0 Å². The SMILES string of the molecule is C[C@@H](CCC(=O)[O-])[C@H]1CC[C@H]2[C@@H]3CC=C4C[C@@H](O)CC[C@]4(C)[C@@H]3CC[C@]12C. The number of carbonyl (C=O) groups excluding carboxylic acids is 1. The fourth-order valence-corrected chi connectivity index (χ4v) is 8.16. The Morgan fingerprint density at radius 2 is 2.00 bits per heavy atom. The molecule has 0 spiro atoms. The minimum atomic E-state index is -0.900. The fraction of sp³-hybridized carbons (Fsp3) is 0.875. The number of carboxylic acids is 1. The molecule has 1 N–H and O–H groups in total. The number of rotatable bonds is 4. The molecule has 8 atom stereocenters. The summed E-state index contributed by atoms with van der Waals surface area (Å²) in [6.45, 7) is 7.28. The Labute approximate surface area is 164 Å². The predicted molar refractivity (Wildman–Crippen MR) is 105 cm³/mol. The van der Waals surface area contributed by atoms with Crippen LogP contribution in [0.3, 0.4) is 0 Å². The number of carbonyl (C=O) groups is 1. The summed E-state index contributed by atoms with van der Waals surface area (Å²) in [5.41, 5.74) is 2.23. The van der Waals surface area contributed by atoms with Gasteiger partial charge < -0.3 is 15.0 Å². The highest BCUT2D eigenvalue weighted by Gasteiger charge is 2.59. The Hall–Kier alpha value is -0.830. The van der Waals surface area contributed by atoms with Crippen LogP contribution in [0.5, 0.6) is 0 Å². The van der Waals surface area contributed by atoms with Gasteiger partial charge in [-0.25, -0.2) is 0 Å². The van der Waals surface area contributed by atoms with E-state index in [4.69, 9.17) is 0 Å². The number of hydrogen-bond donors (Lipinski definition) is 1. The van der Waals surface area contributed by atoms with Gasteiger partial charge >= 0.3 is 0 Å². The van der Waals surface area contributed by atoms with E-state index in [0.717, 1.165) is 43.4 Å². The molecule has 0 radical (unpaired) electrons. The second kappa shape index (κ2) is 6.90. The molecule has 3 saturated carbocycles. The summed E-state index contributed by atoms with van der Waals surface area (Å²) in [7, 11) is 0. The molecule has 0 aromatic heterocycles. The molecule has 3 heteroatoms. The van der Waals surface area contributed by atoms with Crippen LogP contribution in [0.15, 0.2) is 11.6 Å². The summed E-state index contributed by atoms with van der Waals surface area (Å²) in [6, 6.07) is 0. The molecular formula is C24H37O3-. The van der Waals surface area contributed by atoms with Gasteiger partial charge in [-0.05, 0) is 105 Å². The maximum absolute atomic E-state index is 10.9. The summed E-state index contributed by atoms with van der Waals surface area (Å²) in [5, 5.41) is 21.1.